The lowest BCUT2D eigenvalue weighted by Gasteiger charge is -2.05. The van der Waals surface area contributed by atoms with Crippen LogP contribution in [0.15, 0.2) is 58.9 Å². The second kappa shape index (κ2) is 11.3. The van der Waals surface area contributed by atoms with Crippen molar-refractivity contribution < 1.29 is 19.1 Å². The van der Waals surface area contributed by atoms with Crippen LogP contribution in [0.3, 0.4) is 0 Å². The Bertz CT molecular complexity index is 962. The molecule has 0 unspecified atom stereocenters. The van der Waals surface area contributed by atoms with Crippen molar-refractivity contribution in [3.8, 4) is 5.75 Å². The summed E-state index contributed by atoms with van der Waals surface area (Å²) in [5.41, 5.74) is 1.56. The van der Waals surface area contributed by atoms with Gasteiger partial charge < -0.3 is 14.8 Å². The van der Waals surface area contributed by atoms with Crippen molar-refractivity contribution in [1.29, 1.82) is 0 Å². The van der Waals surface area contributed by atoms with Gasteiger partial charge in [0.25, 0.3) is 0 Å². The van der Waals surface area contributed by atoms with Gasteiger partial charge in [-0.1, -0.05) is 53.4 Å². The van der Waals surface area contributed by atoms with Crippen molar-refractivity contribution in [2.24, 2.45) is 0 Å². The average molecular weight is 444 g/mol. The third-order valence-corrected chi connectivity index (χ3v) is 5.99. The molecule has 0 aliphatic heterocycles. The van der Waals surface area contributed by atoms with Crippen LogP contribution in [0.5, 0.6) is 5.75 Å². The highest BCUT2D eigenvalue weighted by Gasteiger charge is 2.10. The Morgan fingerprint density at radius 3 is 2.57 bits per heavy atom. The fraction of sp³-hybridized carbons (Fsp3) is 0.238. The molecule has 7 nitrogen and oxygen atoms in total. The quantitative estimate of drug-likeness (QED) is 0.215. The molecular formula is C21H21N3O4S2. The first-order valence-corrected chi connectivity index (χ1v) is 11.1. The summed E-state index contributed by atoms with van der Waals surface area (Å²) in [5.74, 6) is 1.01. The van der Waals surface area contributed by atoms with Crippen molar-refractivity contribution in [2.75, 3.05) is 19.0 Å². The van der Waals surface area contributed by atoms with Gasteiger partial charge in [-0.05, 0) is 36.2 Å². The summed E-state index contributed by atoms with van der Waals surface area (Å²) in [6.07, 6.45) is 0.962. The number of carbonyl (C=O) groups excluding carboxylic acids is 2. The number of para-hydroxylation sites is 1. The first kappa shape index (κ1) is 21.8. The zero-order chi connectivity index (χ0) is 21.2. The molecule has 0 atom stereocenters. The number of ether oxygens (including phenoxy) is 2. The van der Waals surface area contributed by atoms with E-state index in [1.807, 2.05) is 42.5 Å². The highest BCUT2D eigenvalue weighted by atomic mass is 32.2. The number of aromatic nitrogens is 2. The van der Waals surface area contributed by atoms with Crippen molar-refractivity contribution in [3.63, 3.8) is 0 Å². The zero-order valence-electron chi connectivity index (χ0n) is 16.4. The minimum absolute atomic E-state index is 0.113. The number of hydrogen-bond donors (Lipinski definition) is 1. The molecule has 3 rings (SSSR count). The summed E-state index contributed by atoms with van der Waals surface area (Å²) in [7, 11) is 1.36. The number of amides is 1. The van der Waals surface area contributed by atoms with Crippen LogP contribution in [0.4, 0.5) is 5.13 Å². The molecule has 0 spiro atoms. The SMILES string of the molecule is COC(=O)c1ccc(CSc2nnc(NC(=O)CCCOc3ccccc3)s2)cc1. The van der Waals surface area contributed by atoms with Gasteiger partial charge in [0, 0.05) is 12.2 Å². The molecule has 0 fully saturated rings. The summed E-state index contributed by atoms with van der Waals surface area (Å²) in [4.78, 5) is 23.5. The Hall–Kier alpha value is -2.91. The second-order valence-corrected chi connectivity index (χ2v) is 8.36. The van der Waals surface area contributed by atoms with Crippen molar-refractivity contribution in [3.05, 3.63) is 65.7 Å². The molecule has 9 heteroatoms. The summed E-state index contributed by atoms with van der Waals surface area (Å²) in [6.45, 7) is 0.476. The average Bonchev–Trinajstić information content (AvgIpc) is 3.23. The number of nitrogens with one attached hydrogen (secondary N) is 1. The lowest BCUT2D eigenvalue weighted by Crippen LogP contribution is -2.12. The molecule has 1 aromatic heterocycles. The topological polar surface area (TPSA) is 90.4 Å². The molecule has 30 heavy (non-hydrogen) atoms. The molecule has 0 saturated carbocycles. The van der Waals surface area contributed by atoms with E-state index in [9.17, 15) is 9.59 Å². The summed E-state index contributed by atoms with van der Waals surface area (Å²) in [6, 6.07) is 16.7. The second-order valence-electron chi connectivity index (χ2n) is 6.16. The van der Waals surface area contributed by atoms with Crippen LogP contribution in [-0.4, -0.2) is 35.8 Å². The molecule has 1 amide bonds. The molecular weight excluding hydrogens is 422 g/mol. The number of anilines is 1. The minimum atomic E-state index is -0.356. The molecule has 0 radical (unpaired) electrons. The van der Waals surface area contributed by atoms with Crippen molar-refractivity contribution in [2.45, 2.75) is 22.9 Å². The monoisotopic (exact) mass is 443 g/mol. The van der Waals surface area contributed by atoms with E-state index in [-0.39, 0.29) is 11.9 Å². The van der Waals surface area contributed by atoms with Gasteiger partial charge in [0.15, 0.2) is 4.34 Å². The number of carbonyl (C=O) groups is 2. The molecule has 1 N–H and O–H groups in total. The molecule has 3 aromatic rings. The third kappa shape index (κ3) is 6.85. The van der Waals surface area contributed by atoms with Crippen LogP contribution >= 0.6 is 23.1 Å². The Morgan fingerprint density at radius 2 is 1.83 bits per heavy atom. The predicted octanol–water partition coefficient (Wildman–Crippen LogP) is 4.41. The summed E-state index contributed by atoms with van der Waals surface area (Å²) < 4.78 is 11.0. The molecule has 2 aromatic carbocycles. The Kier molecular flexibility index (Phi) is 8.22. The molecule has 156 valence electrons. The largest absolute Gasteiger partial charge is 0.494 e. The fourth-order valence-electron chi connectivity index (χ4n) is 2.44. The van der Waals surface area contributed by atoms with E-state index in [0.717, 1.165) is 15.7 Å². The zero-order valence-corrected chi connectivity index (χ0v) is 18.0. The molecule has 0 aliphatic rings. The van der Waals surface area contributed by atoms with Gasteiger partial charge in [-0.3, -0.25) is 4.79 Å². The van der Waals surface area contributed by atoms with Gasteiger partial charge in [0.05, 0.1) is 19.3 Å². The van der Waals surface area contributed by atoms with Crippen molar-refractivity contribution >= 4 is 40.1 Å². The summed E-state index contributed by atoms with van der Waals surface area (Å²) >= 11 is 2.85. The van der Waals surface area contributed by atoms with E-state index in [1.54, 1.807) is 12.1 Å². The lowest BCUT2D eigenvalue weighted by atomic mass is 10.1. The third-order valence-electron chi connectivity index (χ3n) is 3.95. The van der Waals surface area contributed by atoms with Gasteiger partial charge in [0.1, 0.15) is 5.75 Å². The lowest BCUT2D eigenvalue weighted by molar-refractivity contribution is -0.116. The van der Waals surface area contributed by atoms with Crippen LogP contribution in [0.1, 0.15) is 28.8 Å². The summed E-state index contributed by atoms with van der Waals surface area (Å²) in [5, 5.41) is 11.4. The Labute approximate surface area is 182 Å². The van der Waals surface area contributed by atoms with Gasteiger partial charge in [-0.15, -0.1) is 10.2 Å². The normalized spacial score (nSPS) is 10.4. The number of esters is 1. The van der Waals surface area contributed by atoms with E-state index in [0.29, 0.717) is 35.9 Å². The standard InChI is InChI=1S/C21H21N3O4S2/c1-27-19(26)16-11-9-15(10-12-16)14-29-21-24-23-20(30-21)22-18(25)8-5-13-28-17-6-3-2-4-7-17/h2-4,6-7,9-12H,5,8,13-14H2,1H3,(H,22,23,25). The van der Waals surface area contributed by atoms with Crippen LogP contribution in [0, 0.1) is 0 Å². The first-order chi connectivity index (χ1) is 14.6. The number of thioether (sulfide) groups is 1. The number of nitrogens with zero attached hydrogens (tertiary/aromatic N) is 2. The maximum absolute atomic E-state index is 12.1. The fourth-order valence-corrected chi connectivity index (χ4v) is 4.16. The highest BCUT2D eigenvalue weighted by molar-refractivity contribution is 8.00. The van der Waals surface area contributed by atoms with Crippen LogP contribution in [0.25, 0.3) is 0 Å². The van der Waals surface area contributed by atoms with Crippen LogP contribution in [-0.2, 0) is 15.3 Å². The Morgan fingerprint density at radius 1 is 1.07 bits per heavy atom. The minimum Gasteiger partial charge on any atom is -0.494 e. The van der Waals surface area contributed by atoms with Gasteiger partial charge >= 0.3 is 5.97 Å². The van der Waals surface area contributed by atoms with E-state index in [2.05, 4.69) is 20.3 Å². The molecule has 0 saturated heterocycles. The van der Waals surface area contributed by atoms with Crippen molar-refractivity contribution in [1.82, 2.24) is 10.2 Å². The van der Waals surface area contributed by atoms with Gasteiger partial charge in [-0.25, -0.2) is 4.79 Å². The highest BCUT2D eigenvalue weighted by Crippen LogP contribution is 2.28. The van der Waals surface area contributed by atoms with E-state index in [4.69, 9.17) is 4.74 Å². The van der Waals surface area contributed by atoms with E-state index >= 15 is 0 Å². The first-order valence-electron chi connectivity index (χ1n) is 9.25. The molecule has 1 heterocycles. The maximum Gasteiger partial charge on any atom is 0.337 e. The smallest absolute Gasteiger partial charge is 0.337 e. The number of hydrogen-bond acceptors (Lipinski definition) is 8. The maximum atomic E-state index is 12.1. The Balaban J connectivity index is 1.38. The molecule has 0 bridgehead atoms. The number of rotatable bonds is 10. The molecule has 0 aliphatic carbocycles. The van der Waals surface area contributed by atoms with Gasteiger partial charge in [-0.2, -0.15) is 0 Å². The van der Waals surface area contributed by atoms with E-state index < -0.39 is 0 Å². The number of benzene rings is 2. The number of methoxy groups -OCH3 is 1. The predicted molar refractivity (Wildman–Crippen MR) is 117 cm³/mol. The van der Waals surface area contributed by atoms with Crippen LogP contribution in [0.2, 0.25) is 0 Å². The van der Waals surface area contributed by atoms with E-state index in [1.165, 1.54) is 30.2 Å². The van der Waals surface area contributed by atoms with Gasteiger partial charge in [0.2, 0.25) is 11.0 Å². The van der Waals surface area contributed by atoms with Crippen LogP contribution < -0.4 is 10.1 Å².